The first kappa shape index (κ1) is 16.0. The molecule has 1 atom stereocenters. The third kappa shape index (κ3) is 5.60. The summed E-state index contributed by atoms with van der Waals surface area (Å²) in [6.45, 7) is 7.52. The standard InChI is InChI=1S/C16H26FNO/c1-5-18-14(8-6-12(2)3)10-13-7-9-16(19-4)15(17)11-13/h7,9,11-12,14,18H,5-6,8,10H2,1-4H3. The summed E-state index contributed by atoms with van der Waals surface area (Å²) in [5, 5.41) is 3.48. The Balaban J connectivity index is 2.64. The minimum atomic E-state index is -0.279. The molecule has 1 aromatic carbocycles. The summed E-state index contributed by atoms with van der Waals surface area (Å²) in [5.41, 5.74) is 1.02. The van der Waals surface area contributed by atoms with E-state index in [1.165, 1.54) is 13.5 Å². The number of hydrogen-bond acceptors (Lipinski definition) is 2. The topological polar surface area (TPSA) is 21.3 Å². The summed E-state index contributed by atoms with van der Waals surface area (Å²) >= 11 is 0. The van der Waals surface area contributed by atoms with Gasteiger partial charge in [0.15, 0.2) is 11.6 Å². The highest BCUT2D eigenvalue weighted by molar-refractivity contribution is 5.29. The van der Waals surface area contributed by atoms with E-state index in [0.717, 1.165) is 24.9 Å². The van der Waals surface area contributed by atoms with Crippen molar-refractivity contribution in [3.8, 4) is 5.75 Å². The van der Waals surface area contributed by atoms with E-state index in [9.17, 15) is 4.39 Å². The molecule has 0 saturated carbocycles. The maximum atomic E-state index is 13.7. The lowest BCUT2D eigenvalue weighted by Gasteiger charge is -2.19. The number of rotatable bonds is 8. The van der Waals surface area contributed by atoms with Crippen LogP contribution in [0, 0.1) is 11.7 Å². The molecule has 0 heterocycles. The number of ether oxygens (including phenoxy) is 1. The fourth-order valence-electron chi connectivity index (χ4n) is 2.22. The fraction of sp³-hybridized carbons (Fsp3) is 0.625. The maximum absolute atomic E-state index is 13.7. The van der Waals surface area contributed by atoms with Crippen LogP contribution in [-0.4, -0.2) is 19.7 Å². The molecule has 0 spiro atoms. The van der Waals surface area contributed by atoms with Crippen molar-refractivity contribution in [1.82, 2.24) is 5.32 Å². The minimum Gasteiger partial charge on any atom is -0.494 e. The van der Waals surface area contributed by atoms with Crippen molar-refractivity contribution in [2.75, 3.05) is 13.7 Å². The van der Waals surface area contributed by atoms with Gasteiger partial charge in [0.1, 0.15) is 0 Å². The van der Waals surface area contributed by atoms with E-state index in [0.29, 0.717) is 17.7 Å². The van der Waals surface area contributed by atoms with Crippen molar-refractivity contribution in [1.29, 1.82) is 0 Å². The minimum absolute atomic E-state index is 0.279. The summed E-state index contributed by atoms with van der Waals surface area (Å²) in [5.74, 6) is 0.735. The molecule has 1 rings (SSSR count). The Bertz CT molecular complexity index is 379. The SMILES string of the molecule is CCNC(CCC(C)C)Cc1ccc(OC)c(F)c1. The molecule has 0 amide bonds. The Hall–Kier alpha value is -1.09. The molecule has 0 aromatic heterocycles. The molecular formula is C16H26FNO. The van der Waals surface area contributed by atoms with Crippen LogP contribution in [0.4, 0.5) is 4.39 Å². The van der Waals surface area contributed by atoms with Gasteiger partial charge in [0, 0.05) is 6.04 Å². The Morgan fingerprint density at radius 3 is 2.53 bits per heavy atom. The van der Waals surface area contributed by atoms with Crippen LogP contribution in [0.25, 0.3) is 0 Å². The first-order valence-electron chi connectivity index (χ1n) is 7.12. The highest BCUT2D eigenvalue weighted by atomic mass is 19.1. The van der Waals surface area contributed by atoms with Gasteiger partial charge in [0.25, 0.3) is 0 Å². The van der Waals surface area contributed by atoms with Crippen LogP contribution in [0.5, 0.6) is 5.75 Å². The van der Waals surface area contributed by atoms with E-state index in [1.807, 2.05) is 6.07 Å². The number of benzene rings is 1. The molecule has 2 nitrogen and oxygen atoms in total. The van der Waals surface area contributed by atoms with Crippen LogP contribution >= 0.6 is 0 Å². The molecule has 1 N–H and O–H groups in total. The molecule has 0 aliphatic rings. The summed E-state index contributed by atoms with van der Waals surface area (Å²) in [4.78, 5) is 0. The van der Waals surface area contributed by atoms with Gasteiger partial charge < -0.3 is 10.1 Å². The lowest BCUT2D eigenvalue weighted by molar-refractivity contribution is 0.385. The number of hydrogen-bond donors (Lipinski definition) is 1. The van der Waals surface area contributed by atoms with Gasteiger partial charge in [-0.3, -0.25) is 0 Å². The van der Waals surface area contributed by atoms with E-state index in [4.69, 9.17) is 4.74 Å². The molecule has 0 aliphatic heterocycles. The van der Waals surface area contributed by atoms with Crippen molar-refractivity contribution < 1.29 is 9.13 Å². The van der Waals surface area contributed by atoms with Gasteiger partial charge in [-0.25, -0.2) is 4.39 Å². The Labute approximate surface area is 116 Å². The van der Waals surface area contributed by atoms with Crippen molar-refractivity contribution in [3.05, 3.63) is 29.6 Å². The van der Waals surface area contributed by atoms with Crippen LogP contribution in [0.1, 0.15) is 39.2 Å². The van der Waals surface area contributed by atoms with Gasteiger partial charge in [0.2, 0.25) is 0 Å². The lowest BCUT2D eigenvalue weighted by Crippen LogP contribution is -2.31. The summed E-state index contributed by atoms with van der Waals surface area (Å²) < 4.78 is 18.6. The normalized spacial score (nSPS) is 12.7. The van der Waals surface area contributed by atoms with E-state index < -0.39 is 0 Å². The largest absolute Gasteiger partial charge is 0.494 e. The molecule has 19 heavy (non-hydrogen) atoms. The monoisotopic (exact) mass is 267 g/mol. The molecule has 0 radical (unpaired) electrons. The van der Waals surface area contributed by atoms with Crippen LogP contribution in [-0.2, 0) is 6.42 Å². The molecule has 1 aromatic rings. The fourth-order valence-corrected chi connectivity index (χ4v) is 2.22. The second-order valence-corrected chi connectivity index (χ2v) is 5.40. The second-order valence-electron chi connectivity index (χ2n) is 5.40. The highest BCUT2D eigenvalue weighted by Gasteiger charge is 2.11. The summed E-state index contributed by atoms with van der Waals surface area (Å²) in [7, 11) is 1.49. The van der Waals surface area contributed by atoms with Crippen LogP contribution in [0.3, 0.4) is 0 Å². The maximum Gasteiger partial charge on any atom is 0.165 e. The number of likely N-dealkylation sites (N-methyl/N-ethyl adjacent to an activating group) is 1. The predicted octanol–water partition coefficient (Wildman–Crippen LogP) is 3.79. The highest BCUT2D eigenvalue weighted by Crippen LogP contribution is 2.19. The lowest BCUT2D eigenvalue weighted by atomic mass is 9.97. The van der Waals surface area contributed by atoms with Crippen LogP contribution < -0.4 is 10.1 Å². The summed E-state index contributed by atoms with van der Waals surface area (Å²) in [6.07, 6.45) is 3.18. The molecular weight excluding hydrogens is 241 g/mol. The van der Waals surface area contributed by atoms with Gasteiger partial charge in [-0.2, -0.15) is 0 Å². The molecule has 0 aliphatic carbocycles. The molecule has 0 fully saturated rings. The van der Waals surface area contributed by atoms with Crippen LogP contribution in [0.15, 0.2) is 18.2 Å². The first-order chi connectivity index (χ1) is 9.06. The number of methoxy groups -OCH3 is 1. The van der Waals surface area contributed by atoms with E-state index in [-0.39, 0.29) is 5.82 Å². The Morgan fingerprint density at radius 2 is 2.00 bits per heavy atom. The number of nitrogens with one attached hydrogen (secondary N) is 1. The van der Waals surface area contributed by atoms with Crippen molar-refractivity contribution in [2.45, 2.75) is 46.1 Å². The third-order valence-electron chi connectivity index (χ3n) is 3.28. The average Bonchev–Trinajstić information content (AvgIpc) is 2.36. The molecule has 1 unspecified atom stereocenters. The molecule has 0 saturated heterocycles. The van der Waals surface area contributed by atoms with Gasteiger partial charge in [-0.1, -0.05) is 26.8 Å². The van der Waals surface area contributed by atoms with E-state index in [1.54, 1.807) is 12.1 Å². The average molecular weight is 267 g/mol. The van der Waals surface area contributed by atoms with Gasteiger partial charge in [0.05, 0.1) is 7.11 Å². The van der Waals surface area contributed by atoms with Gasteiger partial charge in [-0.15, -0.1) is 0 Å². The van der Waals surface area contributed by atoms with E-state index in [2.05, 4.69) is 26.1 Å². The smallest absolute Gasteiger partial charge is 0.165 e. The number of halogens is 1. The Kier molecular flexibility index (Phi) is 6.85. The third-order valence-corrected chi connectivity index (χ3v) is 3.28. The zero-order chi connectivity index (χ0) is 14.3. The van der Waals surface area contributed by atoms with Crippen molar-refractivity contribution in [2.24, 2.45) is 5.92 Å². The Morgan fingerprint density at radius 1 is 1.26 bits per heavy atom. The van der Waals surface area contributed by atoms with Crippen molar-refractivity contribution >= 4 is 0 Å². The van der Waals surface area contributed by atoms with Crippen LogP contribution in [0.2, 0.25) is 0 Å². The van der Waals surface area contributed by atoms with Gasteiger partial charge in [-0.05, 0) is 49.4 Å². The molecule has 3 heteroatoms. The summed E-state index contributed by atoms with van der Waals surface area (Å²) in [6, 6.07) is 5.65. The quantitative estimate of drug-likeness (QED) is 0.773. The first-order valence-corrected chi connectivity index (χ1v) is 7.12. The second kappa shape index (κ2) is 8.16. The molecule has 108 valence electrons. The van der Waals surface area contributed by atoms with E-state index >= 15 is 0 Å². The van der Waals surface area contributed by atoms with Gasteiger partial charge >= 0.3 is 0 Å². The molecule has 0 bridgehead atoms. The zero-order valence-electron chi connectivity index (χ0n) is 12.5. The van der Waals surface area contributed by atoms with Crippen molar-refractivity contribution in [3.63, 3.8) is 0 Å². The zero-order valence-corrected chi connectivity index (χ0v) is 12.5. The predicted molar refractivity (Wildman–Crippen MR) is 78.2 cm³/mol.